The molecule has 1 fully saturated rings. The van der Waals surface area contributed by atoms with E-state index in [1.807, 2.05) is 0 Å². The topological polar surface area (TPSA) is 20.2 Å². The summed E-state index contributed by atoms with van der Waals surface area (Å²) >= 11 is 0. The van der Waals surface area contributed by atoms with Crippen LogP contribution >= 0.6 is 0 Å². The first-order valence-electron chi connectivity index (χ1n) is 8.25. The molecule has 0 bridgehead atoms. The molecule has 3 aliphatic rings. The average Bonchev–Trinajstić information content (AvgIpc) is 2.73. The molecule has 0 saturated heterocycles. The van der Waals surface area contributed by atoms with Gasteiger partial charge in [0, 0.05) is 32.7 Å². The Morgan fingerprint density at radius 1 is 1.29 bits per heavy atom. The van der Waals surface area contributed by atoms with Crippen molar-refractivity contribution in [3.8, 4) is 0 Å². The summed E-state index contributed by atoms with van der Waals surface area (Å²) < 4.78 is 0. The van der Waals surface area contributed by atoms with Crippen molar-refractivity contribution >= 4 is 0 Å². The maximum atomic E-state index is 9.73. The molecule has 1 N–H and O–H groups in total. The van der Waals surface area contributed by atoms with Gasteiger partial charge in [-0.1, -0.05) is 25.5 Å². The molecule has 113 valence electrons. The Hall–Kier alpha value is 0.284. The molecule has 1 nitrogen and oxygen atoms in total. The van der Waals surface area contributed by atoms with E-state index in [4.69, 9.17) is 0 Å². The van der Waals surface area contributed by atoms with Crippen LogP contribution in [0, 0.1) is 23.3 Å². The van der Waals surface area contributed by atoms with Gasteiger partial charge < -0.3 is 5.11 Å². The standard InChI is InChI=1S/C19H27O.Y/c1-14-8-11-18-16(6-4-12-19(14,18)2)10-9-15-5-3-7-17(20)13-15;/h6,9-10,14,17-18,20H,3-4,7-8,11-13H2,1-2H3;/q-1;/b10-9-;/t14?,17-,18?,19?;/m0./s1. The van der Waals surface area contributed by atoms with Gasteiger partial charge in [0.2, 0.25) is 0 Å². The van der Waals surface area contributed by atoms with E-state index in [0.29, 0.717) is 5.41 Å². The van der Waals surface area contributed by atoms with Crippen molar-refractivity contribution in [1.82, 2.24) is 0 Å². The van der Waals surface area contributed by atoms with E-state index in [1.165, 1.54) is 36.8 Å². The minimum Gasteiger partial charge on any atom is -0.393 e. The van der Waals surface area contributed by atoms with Crippen LogP contribution in [0.2, 0.25) is 0 Å². The van der Waals surface area contributed by atoms with Gasteiger partial charge in [-0.2, -0.15) is 0 Å². The molecule has 0 aromatic rings. The quantitative estimate of drug-likeness (QED) is 0.715. The second-order valence-corrected chi connectivity index (χ2v) is 7.21. The van der Waals surface area contributed by atoms with Crippen molar-refractivity contribution in [3.05, 3.63) is 35.5 Å². The van der Waals surface area contributed by atoms with Crippen LogP contribution in [-0.2, 0) is 32.7 Å². The predicted molar refractivity (Wildman–Crippen MR) is 83.1 cm³/mol. The number of allylic oxidation sites excluding steroid dienone is 5. The third-order valence-electron chi connectivity index (χ3n) is 6.04. The molecular weight excluding hydrogens is 333 g/mol. The second-order valence-electron chi connectivity index (χ2n) is 7.21. The van der Waals surface area contributed by atoms with Crippen molar-refractivity contribution in [2.24, 2.45) is 17.3 Å². The molecule has 0 heterocycles. The van der Waals surface area contributed by atoms with Crippen LogP contribution in [0.5, 0.6) is 0 Å². The number of fused-ring (bicyclic) bond motifs is 1. The molecule has 0 aromatic heterocycles. The van der Waals surface area contributed by atoms with Gasteiger partial charge in [0.15, 0.2) is 0 Å². The van der Waals surface area contributed by atoms with Crippen LogP contribution in [0.25, 0.3) is 0 Å². The monoisotopic (exact) mass is 360 g/mol. The van der Waals surface area contributed by atoms with Crippen molar-refractivity contribution in [2.75, 3.05) is 0 Å². The zero-order valence-electron chi connectivity index (χ0n) is 13.4. The third-order valence-corrected chi connectivity index (χ3v) is 6.04. The molecular formula is C19H27OY-. The van der Waals surface area contributed by atoms with Gasteiger partial charge in [-0.3, -0.25) is 6.08 Å². The van der Waals surface area contributed by atoms with Crippen LogP contribution in [0.1, 0.15) is 58.8 Å². The molecule has 0 aliphatic heterocycles. The molecule has 1 radical (unpaired) electrons. The van der Waals surface area contributed by atoms with Crippen LogP contribution < -0.4 is 0 Å². The summed E-state index contributed by atoms with van der Waals surface area (Å²) in [5.41, 5.74) is 3.25. The number of hydrogen-bond donors (Lipinski definition) is 1. The van der Waals surface area contributed by atoms with Gasteiger partial charge in [0.05, 0.1) is 6.10 Å². The van der Waals surface area contributed by atoms with E-state index in [9.17, 15) is 5.11 Å². The molecule has 1 saturated carbocycles. The van der Waals surface area contributed by atoms with E-state index in [1.54, 1.807) is 0 Å². The molecule has 3 aliphatic carbocycles. The number of aliphatic hydroxyl groups is 1. The van der Waals surface area contributed by atoms with Gasteiger partial charge in [-0.05, 0) is 55.8 Å². The fourth-order valence-electron chi connectivity index (χ4n) is 4.42. The van der Waals surface area contributed by atoms with Crippen molar-refractivity contribution < 1.29 is 37.8 Å². The summed E-state index contributed by atoms with van der Waals surface area (Å²) in [4.78, 5) is 0. The van der Waals surface area contributed by atoms with Gasteiger partial charge in [0.25, 0.3) is 0 Å². The molecule has 2 heteroatoms. The van der Waals surface area contributed by atoms with Gasteiger partial charge in [-0.15, -0.1) is 12.5 Å². The predicted octanol–water partition coefficient (Wildman–Crippen LogP) is 4.59. The average molecular weight is 360 g/mol. The number of hydrogen-bond acceptors (Lipinski definition) is 1. The first kappa shape index (κ1) is 17.6. The molecule has 4 atom stereocenters. The van der Waals surface area contributed by atoms with Crippen LogP contribution in [0.3, 0.4) is 0 Å². The summed E-state index contributed by atoms with van der Waals surface area (Å²) in [5, 5.41) is 9.73. The van der Waals surface area contributed by atoms with Crippen LogP contribution in [-0.4, -0.2) is 11.2 Å². The molecule has 0 amide bonds. The van der Waals surface area contributed by atoms with Gasteiger partial charge >= 0.3 is 0 Å². The van der Waals surface area contributed by atoms with Crippen molar-refractivity contribution in [1.29, 1.82) is 0 Å². The molecule has 0 spiro atoms. The fourth-order valence-corrected chi connectivity index (χ4v) is 4.42. The van der Waals surface area contributed by atoms with E-state index < -0.39 is 0 Å². The molecule has 21 heavy (non-hydrogen) atoms. The van der Waals surface area contributed by atoms with E-state index in [2.05, 4.69) is 38.2 Å². The van der Waals surface area contributed by atoms with Gasteiger partial charge in [-0.25, -0.2) is 11.6 Å². The number of aliphatic hydroxyl groups excluding tert-OH is 1. The van der Waals surface area contributed by atoms with Crippen molar-refractivity contribution in [3.63, 3.8) is 0 Å². The fraction of sp³-hybridized carbons (Fsp3) is 0.684. The minimum absolute atomic E-state index is 0. The Labute approximate surface area is 154 Å². The van der Waals surface area contributed by atoms with Gasteiger partial charge in [0.1, 0.15) is 0 Å². The Balaban J connectivity index is 0.00000161. The van der Waals surface area contributed by atoms with E-state index >= 15 is 0 Å². The Morgan fingerprint density at radius 3 is 2.86 bits per heavy atom. The summed E-state index contributed by atoms with van der Waals surface area (Å²) in [6.45, 7) is 4.92. The van der Waals surface area contributed by atoms with E-state index in [-0.39, 0.29) is 38.8 Å². The first-order valence-corrected chi connectivity index (χ1v) is 8.25. The van der Waals surface area contributed by atoms with E-state index in [0.717, 1.165) is 31.1 Å². The summed E-state index contributed by atoms with van der Waals surface area (Å²) in [5.74, 6) is 1.60. The zero-order chi connectivity index (χ0) is 14.2. The third kappa shape index (κ3) is 3.62. The Bertz CT molecular complexity index is 462. The van der Waals surface area contributed by atoms with Crippen molar-refractivity contribution in [2.45, 2.75) is 64.9 Å². The molecule has 3 unspecified atom stereocenters. The maximum absolute atomic E-state index is 9.73. The second kappa shape index (κ2) is 7.24. The number of rotatable bonds is 2. The summed E-state index contributed by atoms with van der Waals surface area (Å²) in [6.07, 6.45) is 18.1. The van der Waals surface area contributed by atoms with Crippen LogP contribution in [0.4, 0.5) is 0 Å². The van der Waals surface area contributed by atoms with Crippen LogP contribution in [0.15, 0.2) is 29.4 Å². The summed E-state index contributed by atoms with van der Waals surface area (Å²) in [7, 11) is 0. The normalized spacial score (nSPS) is 39.5. The molecule has 3 rings (SSSR count). The zero-order valence-corrected chi connectivity index (χ0v) is 16.3. The largest absolute Gasteiger partial charge is 0.393 e. The molecule has 0 aromatic carbocycles. The maximum Gasteiger partial charge on any atom is 0.0540 e. The minimum atomic E-state index is -0.159. The summed E-state index contributed by atoms with van der Waals surface area (Å²) in [6, 6.07) is 0. The SMILES string of the molecule is CC1CCC2C(/C=C\C3=[C-]CC[C@H](O)C3)=CCCC12C.[Y]. The Kier molecular flexibility index (Phi) is 6.08. The first-order chi connectivity index (χ1) is 9.59. The Morgan fingerprint density at radius 2 is 2.10 bits per heavy atom. The smallest absolute Gasteiger partial charge is 0.0540 e.